The van der Waals surface area contributed by atoms with Crippen LogP contribution in [-0.4, -0.2) is 35.9 Å². The summed E-state index contributed by atoms with van der Waals surface area (Å²) in [6, 6.07) is 0.322. The average molecular weight is 437 g/mol. The van der Waals surface area contributed by atoms with Gasteiger partial charge in [-0.3, -0.25) is 19.5 Å². The summed E-state index contributed by atoms with van der Waals surface area (Å²) in [5.74, 6) is 1.31. The second kappa shape index (κ2) is 7.45. The van der Waals surface area contributed by atoms with E-state index in [1.165, 1.54) is 23.1 Å². The van der Waals surface area contributed by atoms with Gasteiger partial charge in [0, 0.05) is 10.9 Å². The fourth-order valence-electron chi connectivity index (χ4n) is 2.92. The molecule has 0 aliphatic heterocycles. The van der Waals surface area contributed by atoms with Gasteiger partial charge < -0.3 is 4.98 Å². The Morgan fingerprint density at radius 2 is 2.21 bits per heavy atom. The van der Waals surface area contributed by atoms with Crippen LogP contribution in [0.5, 0.6) is 0 Å². The SMILES string of the molecule is Cc1sc2nc(CSC(C)C(=O)Nc3n[nH]c(=S)n3C3CC3)[nH]c(=O)c2c1C. The summed E-state index contributed by atoms with van der Waals surface area (Å²) in [4.78, 5) is 34.1. The maximum absolute atomic E-state index is 12.5. The third-order valence-electron chi connectivity index (χ3n) is 4.78. The van der Waals surface area contributed by atoms with Gasteiger partial charge in [0.2, 0.25) is 11.9 Å². The number of fused-ring (bicyclic) bond motifs is 1. The van der Waals surface area contributed by atoms with Crippen LogP contribution in [0.2, 0.25) is 0 Å². The van der Waals surface area contributed by atoms with Gasteiger partial charge in [-0.25, -0.2) is 10.1 Å². The number of carbonyl (C=O) groups excluding carboxylic acids is 1. The summed E-state index contributed by atoms with van der Waals surface area (Å²) in [5.41, 5.74) is 0.851. The van der Waals surface area contributed by atoms with Crippen LogP contribution in [0.25, 0.3) is 10.2 Å². The van der Waals surface area contributed by atoms with Crippen molar-refractivity contribution >= 4 is 57.4 Å². The number of aromatic amines is 2. The minimum atomic E-state index is -0.342. The average Bonchev–Trinajstić information content (AvgIpc) is 3.35. The smallest absolute Gasteiger partial charge is 0.259 e. The molecule has 0 bridgehead atoms. The number of anilines is 1. The van der Waals surface area contributed by atoms with Gasteiger partial charge in [-0.1, -0.05) is 0 Å². The summed E-state index contributed by atoms with van der Waals surface area (Å²) in [5, 5.41) is 10.0. The summed E-state index contributed by atoms with van der Waals surface area (Å²) >= 11 is 8.16. The van der Waals surface area contributed by atoms with E-state index in [9.17, 15) is 9.59 Å². The predicted molar refractivity (Wildman–Crippen MR) is 115 cm³/mol. The minimum absolute atomic E-state index is 0.125. The zero-order chi connectivity index (χ0) is 20.0. The molecular weight excluding hydrogens is 416 g/mol. The molecule has 4 rings (SSSR count). The maximum atomic E-state index is 12.5. The molecule has 1 saturated carbocycles. The first-order valence-electron chi connectivity index (χ1n) is 8.93. The Labute approximate surface area is 174 Å². The normalized spacial score (nSPS) is 15.1. The van der Waals surface area contributed by atoms with Crippen molar-refractivity contribution in [1.29, 1.82) is 0 Å². The van der Waals surface area contributed by atoms with Gasteiger partial charge >= 0.3 is 0 Å². The Kier molecular flexibility index (Phi) is 5.15. The highest BCUT2D eigenvalue weighted by atomic mass is 32.2. The lowest BCUT2D eigenvalue weighted by atomic mass is 10.2. The number of thiophene rings is 1. The first-order chi connectivity index (χ1) is 13.3. The highest BCUT2D eigenvalue weighted by Gasteiger charge is 2.28. The lowest BCUT2D eigenvalue weighted by molar-refractivity contribution is -0.115. The molecule has 11 heteroatoms. The van der Waals surface area contributed by atoms with Gasteiger partial charge in [-0.15, -0.1) is 28.2 Å². The van der Waals surface area contributed by atoms with E-state index in [0.717, 1.165) is 28.1 Å². The Morgan fingerprint density at radius 3 is 2.93 bits per heavy atom. The van der Waals surface area contributed by atoms with E-state index in [2.05, 4.69) is 25.5 Å². The van der Waals surface area contributed by atoms with E-state index in [-0.39, 0.29) is 16.7 Å². The molecule has 3 N–H and O–H groups in total. The molecular formula is C17H20N6O2S3. The van der Waals surface area contributed by atoms with E-state index >= 15 is 0 Å². The Bertz CT molecular complexity index is 1170. The molecule has 1 atom stereocenters. The van der Waals surface area contributed by atoms with Crippen LogP contribution in [0.3, 0.4) is 0 Å². The number of amides is 1. The second-order valence-electron chi connectivity index (χ2n) is 6.87. The molecule has 1 aliphatic carbocycles. The highest BCUT2D eigenvalue weighted by molar-refractivity contribution is 7.99. The van der Waals surface area contributed by atoms with Crippen LogP contribution < -0.4 is 10.9 Å². The van der Waals surface area contributed by atoms with Crippen molar-refractivity contribution in [2.75, 3.05) is 5.32 Å². The molecule has 1 aliphatic rings. The Hall–Kier alpha value is -1.98. The summed E-state index contributed by atoms with van der Waals surface area (Å²) in [6.45, 7) is 5.74. The fraction of sp³-hybridized carbons (Fsp3) is 0.471. The predicted octanol–water partition coefficient (Wildman–Crippen LogP) is 3.45. The number of hydrogen-bond acceptors (Lipinski definition) is 7. The highest BCUT2D eigenvalue weighted by Crippen LogP contribution is 2.37. The molecule has 0 saturated heterocycles. The van der Waals surface area contributed by atoms with Gasteiger partial charge in [-0.2, -0.15) is 0 Å². The van der Waals surface area contributed by atoms with Crippen LogP contribution >= 0.6 is 35.3 Å². The number of aromatic nitrogens is 5. The summed E-state index contributed by atoms with van der Waals surface area (Å²) in [6.07, 6.45) is 2.09. The summed E-state index contributed by atoms with van der Waals surface area (Å²) < 4.78 is 2.38. The lowest BCUT2D eigenvalue weighted by Gasteiger charge is -2.12. The molecule has 1 amide bonds. The molecule has 3 heterocycles. The van der Waals surface area contributed by atoms with Crippen molar-refractivity contribution in [3.05, 3.63) is 31.4 Å². The third kappa shape index (κ3) is 3.65. The zero-order valence-electron chi connectivity index (χ0n) is 15.7. The molecule has 28 heavy (non-hydrogen) atoms. The molecule has 0 spiro atoms. The molecule has 1 fully saturated rings. The number of H-pyrrole nitrogens is 2. The molecule has 3 aromatic heterocycles. The monoisotopic (exact) mass is 436 g/mol. The van der Waals surface area contributed by atoms with Crippen LogP contribution in [0.1, 0.15) is 42.1 Å². The number of rotatable bonds is 6. The topological polar surface area (TPSA) is 108 Å². The molecule has 8 nitrogen and oxygen atoms in total. The van der Waals surface area contributed by atoms with Crippen molar-refractivity contribution in [1.82, 2.24) is 24.7 Å². The molecule has 1 unspecified atom stereocenters. The molecule has 0 radical (unpaired) electrons. The largest absolute Gasteiger partial charge is 0.309 e. The number of aryl methyl sites for hydroxylation is 2. The van der Waals surface area contributed by atoms with Crippen LogP contribution in [0.4, 0.5) is 5.95 Å². The van der Waals surface area contributed by atoms with E-state index < -0.39 is 0 Å². The number of carbonyl (C=O) groups is 1. The van der Waals surface area contributed by atoms with Gasteiger partial charge in [-0.05, 0) is 51.4 Å². The van der Waals surface area contributed by atoms with Crippen molar-refractivity contribution in [2.24, 2.45) is 0 Å². The first-order valence-corrected chi connectivity index (χ1v) is 11.2. The fourth-order valence-corrected chi connectivity index (χ4v) is 5.01. The minimum Gasteiger partial charge on any atom is -0.309 e. The van der Waals surface area contributed by atoms with Crippen LogP contribution in [-0.2, 0) is 10.5 Å². The Balaban J connectivity index is 1.43. The lowest BCUT2D eigenvalue weighted by Crippen LogP contribution is -2.25. The zero-order valence-corrected chi connectivity index (χ0v) is 18.1. The summed E-state index contributed by atoms with van der Waals surface area (Å²) in [7, 11) is 0. The van der Waals surface area contributed by atoms with E-state index in [4.69, 9.17) is 12.2 Å². The maximum Gasteiger partial charge on any atom is 0.259 e. The van der Waals surface area contributed by atoms with Crippen LogP contribution in [0.15, 0.2) is 4.79 Å². The molecule has 0 aromatic carbocycles. The second-order valence-corrected chi connectivity index (χ2v) is 9.79. The first kappa shape index (κ1) is 19.3. The standard InChI is InChI=1S/C17H20N6O2S3/c1-7-8(2)28-15-12(7)14(25)18-11(19-15)6-27-9(3)13(24)20-16-21-22-17(26)23(16)10-4-5-10/h9-10H,4-6H2,1-3H3,(H,22,26)(H,18,19,25)(H,20,21,24). The van der Waals surface area contributed by atoms with Gasteiger partial charge in [0.05, 0.1) is 16.4 Å². The van der Waals surface area contributed by atoms with Crippen molar-refractivity contribution < 1.29 is 4.79 Å². The van der Waals surface area contributed by atoms with Gasteiger partial charge in [0.25, 0.3) is 5.56 Å². The molecule has 3 aromatic rings. The number of nitrogens with zero attached hydrogens (tertiary/aromatic N) is 3. The number of nitrogens with one attached hydrogen (secondary N) is 3. The van der Waals surface area contributed by atoms with Gasteiger partial charge in [0.15, 0.2) is 4.77 Å². The van der Waals surface area contributed by atoms with Crippen LogP contribution in [0, 0.1) is 18.6 Å². The van der Waals surface area contributed by atoms with Crippen molar-refractivity contribution in [2.45, 2.75) is 50.7 Å². The van der Waals surface area contributed by atoms with Crippen molar-refractivity contribution in [3.8, 4) is 0 Å². The third-order valence-corrected chi connectivity index (χ3v) is 7.32. The van der Waals surface area contributed by atoms with E-state index in [1.807, 2.05) is 25.3 Å². The number of thioether (sulfide) groups is 1. The van der Waals surface area contributed by atoms with E-state index in [1.54, 1.807) is 0 Å². The van der Waals surface area contributed by atoms with E-state index in [0.29, 0.717) is 33.7 Å². The van der Waals surface area contributed by atoms with Crippen molar-refractivity contribution in [3.63, 3.8) is 0 Å². The quantitative estimate of drug-likeness (QED) is 0.511. The van der Waals surface area contributed by atoms with Gasteiger partial charge in [0.1, 0.15) is 10.7 Å². The number of hydrogen-bond donors (Lipinski definition) is 3. The Morgan fingerprint density at radius 1 is 1.46 bits per heavy atom. The molecule has 148 valence electrons.